The zero-order chi connectivity index (χ0) is 12.3. The van der Waals surface area contributed by atoms with Crippen molar-refractivity contribution < 1.29 is 0 Å². The zero-order valence-corrected chi connectivity index (χ0v) is 13.2. The Kier molecular flexibility index (Phi) is 9.45. The molecular weight excluding hydrogens is 274 g/mol. The van der Waals surface area contributed by atoms with Crippen LogP contribution in [0.5, 0.6) is 0 Å². The van der Waals surface area contributed by atoms with E-state index in [1.807, 2.05) is 0 Å². The van der Waals surface area contributed by atoms with Crippen molar-refractivity contribution in [3.63, 3.8) is 0 Å². The Morgan fingerprint density at radius 3 is 2.29 bits per heavy atom. The summed E-state index contributed by atoms with van der Waals surface area (Å²) in [7, 11) is 0. The molecule has 1 heterocycles. The number of hydrogen-bond acceptors (Lipinski definition) is 1. The molecule has 0 N–H and O–H groups in total. The van der Waals surface area contributed by atoms with Crippen molar-refractivity contribution in [2.24, 2.45) is 0 Å². The van der Waals surface area contributed by atoms with E-state index in [0.29, 0.717) is 0 Å². The number of alkyl halides is 1. The summed E-state index contributed by atoms with van der Waals surface area (Å²) in [5.41, 5.74) is 0. The van der Waals surface area contributed by atoms with Crippen molar-refractivity contribution >= 4 is 15.9 Å². The van der Waals surface area contributed by atoms with Gasteiger partial charge >= 0.3 is 0 Å². The van der Waals surface area contributed by atoms with Crippen LogP contribution in [0.3, 0.4) is 0 Å². The Hall–Kier alpha value is 0.440. The smallest absolute Gasteiger partial charge is 0.00931 e. The third kappa shape index (κ3) is 6.81. The maximum absolute atomic E-state index is 3.49. The first-order valence-electron chi connectivity index (χ1n) is 7.68. The van der Waals surface area contributed by atoms with Gasteiger partial charge in [-0.15, -0.1) is 0 Å². The van der Waals surface area contributed by atoms with Crippen LogP contribution in [0.15, 0.2) is 0 Å². The van der Waals surface area contributed by atoms with E-state index in [9.17, 15) is 0 Å². The maximum atomic E-state index is 3.49. The molecule has 17 heavy (non-hydrogen) atoms. The van der Waals surface area contributed by atoms with Crippen molar-refractivity contribution in [1.82, 2.24) is 4.90 Å². The molecule has 0 aliphatic carbocycles. The Bertz CT molecular complexity index is 172. The first kappa shape index (κ1) is 15.5. The molecule has 0 spiro atoms. The lowest BCUT2D eigenvalue weighted by molar-refractivity contribution is 0.242. The third-order valence-corrected chi connectivity index (χ3v) is 4.61. The first-order chi connectivity index (χ1) is 8.38. The van der Waals surface area contributed by atoms with Crippen LogP contribution in [0, 0.1) is 0 Å². The Morgan fingerprint density at radius 1 is 1.00 bits per heavy atom. The van der Waals surface area contributed by atoms with E-state index in [-0.39, 0.29) is 0 Å². The fourth-order valence-corrected chi connectivity index (χ4v) is 3.34. The van der Waals surface area contributed by atoms with Crippen LogP contribution >= 0.6 is 15.9 Å². The monoisotopic (exact) mass is 303 g/mol. The van der Waals surface area contributed by atoms with Crippen molar-refractivity contribution in [2.75, 3.05) is 18.4 Å². The molecule has 0 aromatic heterocycles. The van der Waals surface area contributed by atoms with Crippen LogP contribution in [-0.2, 0) is 0 Å². The molecule has 1 aliphatic heterocycles. The van der Waals surface area contributed by atoms with E-state index >= 15 is 0 Å². The van der Waals surface area contributed by atoms with Crippen LogP contribution in [-0.4, -0.2) is 29.4 Å². The summed E-state index contributed by atoms with van der Waals surface area (Å²) in [6, 6.07) is 0.911. The van der Waals surface area contributed by atoms with Gasteiger partial charge in [-0.1, -0.05) is 55.0 Å². The van der Waals surface area contributed by atoms with E-state index in [1.165, 1.54) is 82.6 Å². The first-order valence-corrected chi connectivity index (χ1v) is 8.80. The second-order valence-electron chi connectivity index (χ2n) is 5.40. The molecule has 1 unspecified atom stereocenters. The normalized spacial score (nSPS) is 21.2. The fourth-order valence-electron chi connectivity index (χ4n) is 2.95. The molecule has 0 radical (unpaired) electrons. The minimum atomic E-state index is 0.911. The summed E-state index contributed by atoms with van der Waals surface area (Å²) in [6.07, 6.45) is 14.2. The van der Waals surface area contributed by atoms with Crippen LogP contribution < -0.4 is 0 Å². The highest BCUT2D eigenvalue weighted by atomic mass is 79.9. The molecule has 0 bridgehead atoms. The van der Waals surface area contributed by atoms with Crippen molar-refractivity contribution in [3.8, 4) is 0 Å². The van der Waals surface area contributed by atoms with Gasteiger partial charge in [0, 0.05) is 11.4 Å². The van der Waals surface area contributed by atoms with Crippen LogP contribution in [0.2, 0.25) is 0 Å². The maximum Gasteiger partial charge on any atom is 0.00931 e. The molecule has 0 aromatic carbocycles. The lowest BCUT2D eigenvalue weighted by Crippen LogP contribution is -2.29. The van der Waals surface area contributed by atoms with Gasteiger partial charge in [0.15, 0.2) is 0 Å². The highest BCUT2D eigenvalue weighted by molar-refractivity contribution is 9.09. The van der Waals surface area contributed by atoms with Crippen molar-refractivity contribution in [3.05, 3.63) is 0 Å². The molecule has 1 saturated heterocycles. The van der Waals surface area contributed by atoms with Gasteiger partial charge < -0.3 is 4.90 Å². The summed E-state index contributed by atoms with van der Waals surface area (Å²) >= 11 is 3.49. The van der Waals surface area contributed by atoms with Gasteiger partial charge in [-0.05, 0) is 45.2 Å². The number of rotatable bonds is 10. The zero-order valence-electron chi connectivity index (χ0n) is 11.6. The Morgan fingerprint density at radius 2 is 1.65 bits per heavy atom. The SMILES string of the molecule is CCC1CCCN1CCCCCCCCCBr. The summed E-state index contributed by atoms with van der Waals surface area (Å²) in [4.78, 5) is 2.73. The van der Waals surface area contributed by atoms with Gasteiger partial charge in [-0.3, -0.25) is 0 Å². The quantitative estimate of drug-likeness (QED) is 0.406. The second-order valence-corrected chi connectivity index (χ2v) is 6.20. The minimum absolute atomic E-state index is 0.911. The number of unbranched alkanes of at least 4 members (excludes halogenated alkanes) is 6. The Balaban J connectivity index is 1.87. The van der Waals surface area contributed by atoms with Crippen LogP contribution in [0.4, 0.5) is 0 Å². The van der Waals surface area contributed by atoms with Gasteiger partial charge in [0.1, 0.15) is 0 Å². The number of halogens is 1. The highest BCUT2D eigenvalue weighted by Crippen LogP contribution is 2.20. The number of nitrogens with zero attached hydrogens (tertiary/aromatic N) is 1. The van der Waals surface area contributed by atoms with Gasteiger partial charge in [0.2, 0.25) is 0 Å². The van der Waals surface area contributed by atoms with Gasteiger partial charge in [0.05, 0.1) is 0 Å². The fraction of sp³-hybridized carbons (Fsp3) is 1.00. The van der Waals surface area contributed by atoms with Crippen molar-refractivity contribution in [1.29, 1.82) is 0 Å². The average Bonchev–Trinajstić information content (AvgIpc) is 2.80. The van der Waals surface area contributed by atoms with E-state index in [1.54, 1.807) is 0 Å². The van der Waals surface area contributed by atoms with Crippen molar-refractivity contribution in [2.45, 2.75) is 77.2 Å². The molecule has 1 atom stereocenters. The molecular formula is C15H30BrN. The van der Waals surface area contributed by atoms with E-state index < -0.39 is 0 Å². The average molecular weight is 304 g/mol. The lowest BCUT2D eigenvalue weighted by atomic mass is 10.1. The summed E-state index contributed by atoms with van der Waals surface area (Å²) < 4.78 is 0. The van der Waals surface area contributed by atoms with Crippen LogP contribution in [0.1, 0.15) is 71.1 Å². The predicted molar refractivity (Wildman–Crippen MR) is 81.0 cm³/mol. The second kappa shape index (κ2) is 10.4. The number of hydrogen-bond donors (Lipinski definition) is 0. The predicted octanol–water partition coefficient (Wildman–Crippen LogP) is 4.99. The Labute approximate surface area is 116 Å². The van der Waals surface area contributed by atoms with E-state index in [2.05, 4.69) is 27.8 Å². The molecule has 2 heteroatoms. The van der Waals surface area contributed by atoms with Gasteiger partial charge in [0.25, 0.3) is 0 Å². The van der Waals surface area contributed by atoms with E-state index in [0.717, 1.165) is 6.04 Å². The molecule has 0 aromatic rings. The molecule has 102 valence electrons. The lowest BCUT2D eigenvalue weighted by Gasteiger charge is -2.22. The van der Waals surface area contributed by atoms with Crippen LogP contribution in [0.25, 0.3) is 0 Å². The molecule has 0 saturated carbocycles. The summed E-state index contributed by atoms with van der Waals surface area (Å²) in [6.45, 7) is 5.07. The standard InChI is InChI=1S/C15H30BrN/c1-2-15-11-10-14-17(15)13-9-7-5-3-4-6-8-12-16/h15H,2-14H2,1H3. The molecule has 1 nitrogen and oxygen atoms in total. The topological polar surface area (TPSA) is 3.24 Å². The van der Waals surface area contributed by atoms with E-state index in [4.69, 9.17) is 0 Å². The largest absolute Gasteiger partial charge is 0.300 e. The summed E-state index contributed by atoms with van der Waals surface area (Å²) in [5.74, 6) is 0. The highest BCUT2D eigenvalue weighted by Gasteiger charge is 2.21. The molecule has 0 amide bonds. The number of likely N-dealkylation sites (tertiary alicyclic amines) is 1. The minimum Gasteiger partial charge on any atom is -0.300 e. The molecule has 1 fully saturated rings. The molecule has 1 rings (SSSR count). The third-order valence-electron chi connectivity index (χ3n) is 4.05. The summed E-state index contributed by atoms with van der Waals surface area (Å²) in [5, 5.41) is 1.18. The molecule has 1 aliphatic rings. The van der Waals surface area contributed by atoms with Gasteiger partial charge in [-0.25, -0.2) is 0 Å². The van der Waals surface area contributed by atoms with Gasteiger partial charge in [-0.2, -0.15) is 0 Å².